The van der Waals surface area contributed by atoms with Gasteiger partial charge in [0.2, 0.25) is 0 Å². The van der Waals surface area contributed by atoms with Crippen LogP contribution in [0.15, 0.2) is 42.5 Å². The number of halogens is 6. The highest BCUT2D eigenvalue weighted by atomic mass is 19.4. The molecular weight excluding hydrogens is 562 g/mol. The van der Waals surface area contributed by atoms with Crippen molar-refractivity contribution in [1.29, 1.82) is 0 Å². The fourth-order valence-corrected chi connectivity index (χ4v) is 4.12. The van der Waals surface area contributed by atoms with Crippen molar-refractivity contribution in [2.75, 3.05) is 18.4 Å². The number of carboxylic acid groups (broad SMARTS) is 2. The number of carbonyl (C=O) groups is 2. The Kier molecular flexibility index (Phi) is 9.47. The molecular formula is C25H26F6N6O4. The maximum atomic E-state index is 10.6. The first-order chi connectivity index (χ1) is 19.1. The van der Waals surface area contributed by atoms with Crippen LogP contribution in [0.2, 0.25) is 0 Å². The van der Waals surface area contributed by atoms with Gasteiger partial charge < -0.3 is 25.4 Å². The summed E-state index contributed by atoms with van der Waals surface area (Å²) < 4.78 is 68.0. The lowest BCUT2D eigenvalue weighted by Gasteiger charge is -2.15. The van der Waals surface area contributed by atoms with Crippen LogP contribution in [0, 0.1) is 13.8 Å². The maximum Gasteiger partial charge on any atom is 0.490 e. The third kappa shape index (κ3) is 7.87. The minimum Gasteiger partial charge on any atom is -0.475 e. The highest BCUT2D eigenvalue weighted by Crippen LogP contribution is 2.29. The number of aliphatic carboxylic acids is 2. The fourth-order valence-electron chi connectivity index (χ4n) is 4.12. The lowest BCUT2D eigenvalue weighted by atomic mass is 10.2. The second-order valence-electron chi connectivity index (χ2n) is 9.03. The van der Waals surface area contributed by atoms with Crippen LogP contribution in [0.5, 0.6) is 0 Å². The van der Waals surface area contributed by atoms with Crippen LogP contribution < -0.4 is 10.6 Å². The quantitative estimate of drug-likeness (QED) is 0.258. The van der Waals surface area contributed by atoms with E-state index >= 15 is 0 Å². The monoisotopic (exact) mass is 588 g/mol. The molecule has 4 heterocycles. The maximum absolute atomic E-state index is 10.6. The van der Waals surface area contributed by atoms with Gasteiger partial charge in [0.05, 0.1) is 16.7 Å². The molecule has 0 radical (unpaired) electrons. The molecule has 16 heteroatoms. The van der Waals surface area contributed by atoms with Crippen LogP contribution >= 0.6 is 0 Å². The Morgan fingerprint density at radius 3 is 2.07 bits per heavy atom. The van der Waals surface area contributed by atoms with E-state index in [9.17, 15) is 26.3 Å². The molecule has 0 bridgehead atoms. The molecule has 0 amide bonds. The zero-order valence-electron chi connectivity index (χ0n) is 21.7. The number of aryl methyl sites for hydroxylation is 2. The molecule has 222 valence electrons. The minimum absolute atomic E-state index is 0.432. The van der Waals surface area contributed by atoms with E-state index in [-0.39, 0.29) is 0 Å². The highest BCUT2D eigenvalue weighted by Gasteiger charge is 2.38. The van der Waals surface area contributed by atoms with Crippen molar-refractivity contribution in [2.45, 2.75) is 45.2 Å². The Balaban J connectivity index is 0.000000276. The molecule has 1 aliphatic rings. The van der Waals surface area contributed by atoms with E-state index in [1.165, 1.54) is 16.8 Å². The first-order valence-electron chi connectivity index (χ1n) is 12.1. The Hall–Kier alpha value is -4.34. The van der Waals surface area contributed by atoms with Gasteiger partial charge in [-0.15, -0.1) is 10.2 Å². The molecule has 0 unspecified atom stereocenters. The van der Waals surface area contributed by atoms with Crippen molar-refractivity contribution < 1.29 is 46.1 Å². The summed E-state index contributed by atoms with van der Waals surface area (Å²) in [6.07, 6.45) is -9.04. The van der Waals surface area contributed by atoms with Crippen LogP contribution in [0.3, 0.4) is 0 Å². The Morgan fingerprint density at radius 1 is 0.976 bits per heavy atom. The van der Waals surface area contributed by atoms with Gasteiger partial charge in [-0.1, -0.05) is 30.3 Å². The van der Waals surface area contributed by atoms with E-state index < -0.39 is 24.3 Å². The molecule has 1 saturated heterocycles. The molecule has 0 saturated carbocycles. The average Bonchev–Trinajstić information content (AvgIpc) is 3.60. The molecule has 10 nitrogen and oxygen atoms in total. The predicted molar refractivity (Wildman–Crippen MR) is 136 cm³/mol. The molecule has 4 aromatic rings. The number of anilines is 1. The van der Waals surface area contributed by atoms with Crippen LogP contribution in [-0.2, 0) is 16.1 Å². The third-order valence-corrected chi connectivity index (χ3v) is 6.00. The number of hydrogen-bond acceptors (Lipinski definition) is 6. The molecule has 1 fully saturated rings. The topological polar surface area (TPSA) is 134 Å². The number of benzene rings is 1. The number of rotatable bonds is 4. The first-order valence-corrected chi connectivity index (χ1v) is 12.1. The number of fused-ring (bicyclic) bond motifs is 3. The van der Waals surface area contributed by atoms with Gasteiger partial charge in [-0.05, 0) is 44.5 Å². The largest absolute Gasteiger partial charge is 0.490 e. The van der Waals surface area contributed by atoms with Crippen molar-refractivity contribution >= 4 is 34.3 Å². The molecule has 0 spiro atoms. The standard InChI is InChI=1S/C21H24N6.2C2HF3O2/c1-14-10-20-19(26(14)13-16-6-4-3-5-7-16)11-18(23-17-8-9-22-12-17)21-25-24-15(2)27(20)21;2*3-2(4,5)1(6)7/h3-7,10-11,17,22-23H,8-9,12-13H2,1-2H3;2*(H,6,7)/t17-;;/m0../s1. The van der Waals surface area contributed by atoms with E-state index in [2.05, 4.69) is 79.2 Å². The fraction of sp³-hybridized carbons (Fsp3) is 0.360. The Labute approximate surface area is 228 Å². The molecule has 5 rings (SSSR count). The lowest BCUT2D eigenvalue weighted by molar-refractivity contribution is -0.193. The molecule has 41 heavy (non-hydrogen) atoms. The van der Waals surface area contributed by atoms with Gasteiger partial charge in [0, 0.05) is 24.8 Å². The zero-order chi connectivity index (χ0) is 30.5. The van der Waals surface area contributed by atoms with E-state index in [1.807, 2.05) is 6.92 Å². The number of aromatic nitrogens is 4. The SMILES string of the molecule is Cc1cc2c(cc(N[C@H]3CCNC3)c3nnc(C)n32)n1Cc1ccccc1.O=C(O)C(F)(F)F.O=C(O)C(F)(F)F. The third-order valence-electron chi connectivity index (χ3n) is 6.00. The normalized spacial score (nSPS) is 15.2. The van der Waals surface area contributed by atoms with Gasteiger partial charge in [0.15, 0.2) is 5.65 Å². The average molecular weight is 589 g/mol. The minimum atomic E-state index is -5.08. The first kappa shape index (κ1) is 31.2. The summed E-state index contributed by atoms with van der Waals surface area (Å²) in [7, 11) is 0. The van der Waals surface area contributed by atoms with Gasteiger partial charge in [0.25, 0.3) is 0 Å². The predicted octanol–water partition coefficient (Wildman–Crippen LogP) is 4.39. The van der Waals surface area contributed by atoms with Gasteiger partial charge in [-0.25, -0.2) is 9.59 Å². The van der Waals surface area contributed by atoms with Crippen molar-refractivity contribution in [3.63, 3.8) is 0 Å². The van der Waals surface area contributed by atoms with Crippen LogP contribution in [-0.4, -0.2) is 72.8 Å². The number of carboxylic acids is 2. The summed E-state index contributed by atoms with van der Waals surface area (Å²) in [5.74, 6) is -4.60. The van der Waals surface area contributed by atoms with Gasteiger partial charge in [-0.2, -0.15) is 26.3 Å². The molecule has 1 aliphatic heterocycles. The summed E-state index contributed by atoms with van der Waals surface area (Å²) in [6.45, 7) is 7.09. The van der Waals surface area contributed by atoms with Gasteiger partial charge in [0.1, 0.15) is 5.82 Å². The Bertz CT molecular complexity index is 1480. The van der Waals surface area contributed by atoms with E-state index in [1.54, 1.807) is 0 Å². The van der Waals surface area contributed by atoms with Crippen LogP contribution in [0.25, 0.3) is 16.7 Å². The second-order valence-corrected chi connectivity index (χ2v) is 9.03. The van der Waals surface area contributed by atoms with Crippen LogP contribution in [0.4, 0.5) is 32.0 Å². The molecule has 0 aliphatic carbocycles. The summed E-state index contributed by atoms with van der Waals surface area (Å²) >= 11 is 0. The molecule has 3 aromatic heterocycles. The molecule has 1 aromatic carbocycles. The van der Waals surface area contributed by atoms with E-state index in [0.29, 0.717) is 6.04 Å². The molecule has 1 atom stereocenters. The zero-order valence-corrected chi connectivity index (χ0v) is 21.7. The molecule has 4 N–H and O–H groups in total. The number of alkyl halides is 6. The second kappa shape index (κ2) is 12.4. The lowest BCUT2D eigenvalue weighted by Crippen LogP contribution is -2.22. The number of nitrogens with zero attached hydrogens (tertiary/aromatic N) is 4. The highest BCUT2D eigenvalue weighted by molar-refractivity contribution is 5.88. The van der Waals surface area contributed by atoms with Crippen molar-refractivity contribution in [1.82, 2.24) is 24.5 Å². The summed E-state index contributed by atoms with van der Waals surface area (Å²) in [5.41, 5.74) is 6.88. The number of pyridine rings is 1. The van der Waals surface area contributed by atoms with E-state index in [4.69, 9.17) is 19.8 Å². The number of nitrogens with one attached hydrogen (secondary N) is 2. The van der Waals surface area contributed by atoms with Gasteiger partial charge >= 0.3 is 24.3 Å². The van der Waals surface area contributed by atoms with Crippen LogP contribution in [0.1, 0.15) is 23.5 Å². The van der Waals surface area contributed by atoms with Crippen molar-refractivity contribution in [2.24, 2.45) is 0 Å². The van der Waals surface area contributed by atoms with Crippen molar-refractivity contribution in [3.8, 4) is 0 Å². The van der Waals surface area contributed by atoms with Gasteiger partial charge in [-0.3, -0.25) is 4.40 Å². The smallest absolute Gasteiger partial charge is 0.475 e. The van der Waals surface area contributed by atoms with Crippen molar-refractivity contribution in [3.05, 3.63) is 59.5 Å². The van der Waals surface area contributed by atoms with E-state index in [0.717, 1.165) is 48.7 Å². The summed E-state index contributed by atoms with van der Waals surface area (Å²) in [4.78, 5) is 17.8. The summed E-state index contributed by atoms with van der Waals surface area (Å²) in [5, 5.41) is 30.2. The number of hydrogen-bond donors (Lipinski definition) is 4. The Morgan fingerprint density at radius 2 is 1.56 bits per heavy atom. The summed E-state index contributed by atoms with van der Waals surface area (Å²) in [6, 6.07) is 15.5.